The molecule has 0 aliphatic heterocycles. The molecule has 0 atom stereocenters. The monoisotopic (exact) mass is 318 g/mol. The molecular weight excluding hydrogens is 280 g/mol. The first kappa shape index (κ1) is 20.1. The Labute approximate surface area is 144 Å². The number of hydrogen-bond donors (Lipinski definition) is 1. The van der Waals surface area contributed by atoms with Gasteiger partial charge in [-0.3, -0.25) is 0 Å². The number of hydrogen-bond acceptors (Lipinski definition) is 1. The van der Waals surface area contributed by atoms with Gasteiger partial charge in [-0.15, -0.1) is 0 Å². The molecule has 1 aromatic carbocycles. The normalized spacial score (nSPS) is 11.1. The molecule has 0 bridgehead atoms. The number of aromatic hydroxyl groups is 1. The van der Waals surface area contributed by atoms with E-state index in [0.29, 0.717) is 5.75 Å². The summed E-state index contributed by atoms with van der Waals surface area (Å²) in [5.74, 6) is 0.529. The molecule has 1 N–H and O–H groups in total. The fraction of sp³-hybridized carbons (Fsp3) is 0.727. The van der Waals surface area contributed by atoms with Crippen molar-refractivity contribution in [2.75, 3.05) is 0 Å². The summed E-state index contributed by atoms with van der Waals surface area (Å²) in [6, 6.07) is 4.05. The van der Waals surface area contributed by atoms with Crippen molar-refractivity contribution >= 4 is 0 Å². The van der Waals surface area contributed by atoms with E-state index in [1.165, 1.54) is 80.9 Å². The highest BCUT2D eigenvalue weighted by atomic mass is 16.3. The van der Waals surface area contributed by atoms with E-state index >= 15 is 0 Å². The number of unbranched alkanes of at least 4 members (excludes halogenated alkanes) is 8. The van der Waals surface area contributed by atoms with Crippen molar-refractivity contribution in [1.82, 2.24) is 0 Å². The Bertz CT molecular complexity index is 422. The van der Waals surface area contributed by atoms with E-state index in [-0.39, 0.29) is 0 Å². The van der Waals surface area contributed by atoms with Crippen molar-refractivity contribution in [3.05, 3.63) is 28.8 Å². The van der Waals surface area contributed by atoms with Crippen LogP contribution in [0.5, 0.6) is 5.75 Å². The van der Waals surface area contributed by atoms with Gasteiger partial charge in [0.25, 0.3) is 0 Å². The van der Waals surface area contributed by atoms with Crippen molar-refractivity contribution in [1.29, 1.82) is 0 Å². The molecule has 23 heavy (non-hydrogen) atoms. The maximum Gasteiger partial charge on any atom is 0.119 e. The first-order valence-electron chi connectivity index (χ1n) is 10.1. The van der Waals surface area contributed by atoms with Crippen LogP contribution in [0.15, 0.2) is 12.1 Å². The van der Waals surface area contributed by atoms with Crippen LogP contribution in [0.1, 0.15) is 102 Å². The second-order valence-electron chi connectivity index (χ2n) is 6.88. The Morgan fingerprint density at radius 3 is 1.78 bits per heavy atom. The molecule has 0 aliphatic carbocycles. The van der Waals surface area contributed by atoms with Gasteiger partial charge in [0, 0.05) is 0 Å². The van der Waals surface area contributed by atoms with Gasteiger partial charge in [-0.05, 0) is 54.9 Å². The average Bonchev–Trinajstić information content (AvgIpc) is 2.56. The Morgan fingerprint density at radius 1 is 0.652 bits per heavy atom. The molecule has 0 aromatic heterocycles. The fourth-order valence-electron chi connectivity index (χ4n) is 3.46. The van der Waals surface area contributed by atoms with Crippen molar-refractivity contribution in [2.45, 2.75) is 104 Å². The number of rotatable bonds is 13. The molecule has 1 aromatic rings. The summed E-state index contributed by atoms with van der Waals surface area (Å²) >= 11 is 0. The van der Waals surface area contributed by atoms with Gasteiger partial charge in [-0.25, -0.2) is 0 Å². The third-order valence-electron chi connectivity index (χ3n) is 4.95. The van der Waals surface area contributed by atoms with Crippen LogP contribution in [0.3, 0.4) is 0 Å². The molecule has 0 aliphatic rings. The first-order chi connectivity index (χ1) is 11.2. The van der Waals surface area contributed by atoms with E-state index in [1.54, 1.807) is 0 Å². The van der Waals surface area contributed by atoms with E-state index in [0.717, 1.165) is 19.3 Å². The molecule has 1 heteroatoms. The molecule has 0 saturated carbocycles. The number of benzene rings is 1. The van der Waals surface area contributed by atoms with Gasteiger partial charge < -0.3 is 5.11 Å². The minimum absolute atomic E-state index is 0.529. The van der Waals surface area contributed by atoms with E-state index in [9.17, 15) is 5.11 Å². The summed E-state index contributed by atoms with van der Waals surface area (Å²) in [7, 11) is 0. The van der Waals surface area contributed by atoms with Crippen LogP contribution in [0.25, 0.3) is 0 Å². The van der Waals surface area contributed by atoms with Gasteiger partial charge in [0.05, 0.1) is 0 Å². The summed E-state index contributed by atoms with van der Waals surface area (Å²) in [6.07, 6.45) is 16.3. The molecule has 0 unspecified atom stereocenters. The molecule has 1 rings (SSSR count). The summed E-state index contributed by atoms with van der Waals surface area (Å²) in [5.41, 5.74) is 4.15. The third-order valence-corrected chi connectivity index (χ3v) is 4.95. The zero-order valence-corrected chi connectivity index (χ0v) is 15.8. The summed E-state index contributed by atoms with van der Waals surface area (Å²) in [5, 5.41) is 10.4. The molecular formula is C22H38O. The van der Waals surface area contributed by atoms with E-state index in [2.05, 4.69) is 26.8 Å². The maximum atomic E-state index is 10.4. The smallest absolute Gasteiger partial charge is 0.119 e. The van der Waals surface area contributed by atoms with Gasteiger partial charge in [0.15, 0.2) is 0 Å². The summed E-state index contributed by atoms with van der Waals surface area (Å²) in [4.78, 5) is 0. The highest BCUT2D eigenvalue weighted by Crippen LogP contribution is 2.29. The topological polar surface area (TPSA) is 20.2 Å². The van der Waals surface area contributed by atoms with Crippen LogP contribution in [0, 0.1) is 0 Å². The molecule has 1 nitrogen and oxygen atoms in total. The SMILES string of the molecule is CCCCCCCCc1c(O)ccc(CC)c1CCCCCC. The highest BCUT2D eigenvalue weighted by molar-refractivity contribution is 5.44. The van der Waals surface area contributed by atoms with Crippen molar-refractivity contribution < 1.29 is 5.11 Å². The first-order valence-corrected chi connectivity index (χ1v) is 10.1. The molecule has 0 heterocycles. The van der Waals surface area contributed by atoms with Crippen LogP contribution in [0.2, 0.25) is 0 Å². The van der Waals surface area contributed by atoms with Crippen LogP contribution >= 0.6 is 0 Å². The predicted molar refractivity (Wildman–Crippen MR) is 102 cm³/mol. The number of aryl methyl sites for hydroxylation is 1. The van der Waals surface area contributed by atoms with Gasteiger partial charge in [-0.2, -0.15) is 0 Å². The van der Waals surface area contributed by atoms with E-state index in [1.807, 2.05) is 6.07 Å². The van der Waals surface area contributed by atoms with Crippen molar-refractivity contribution in [3.8, 4) is 5.75 Å². The van der Waals surface area contributed by atoms with Gasteiger partial charge in [-0.1, -0.05) is 78.2 Å². The molecule has 132 valence electrons. The zero-order valence-electron chi connectivity index (χ0n) is 15.8. The lowest BCUT2D eigenvalue weighted by Crippen LogP contribution is -2.01. The number of phenols is 1. The zero-order chi connectivity index (χ0) is 16.9. The molecule has 0 amide bonds. The van der Waals surface area contributed by atoms with Crippen LogP contribution in [-0.4, -0.2) is 5.11 Å². The lowest BCUT2D eigenvalue weighted by Gasteiger charge is -2.16. The lowest BCUT2D eigenvalue weighted by molar-refractivity contribution is 0.463. The molecule has 0 spiro atoms. The summed E-state index contributed by atoms with van der Waals surface area (Å²) in [6.45, 7) is 6.76. The maximum absolute atomic E-state index is 10.4. The van der Waals surface area contributed by atoms with Gasteiger partial charge in [0.1, 0.15) is 5.75 Å². The minimum atomic E-state index is 0.529. The van der Waals surface area contributed by atoms with E-state index < -0.39 is 0 Å². The van der Waals surface area contributed by atoms with Crippen LogP contribution < -0.4 is 0 Å². The lowest BCUT2D eigenvalue weighted by atomic mass is 9.90. The van der Waals surface area contributed by atoms with Crippen molar-refractivity contribution in [2.24, 2.45) is 0 Å². The highest BCUT2D eigenvalue weighted by Gasteiger charge is 2.12. The average molecular weight is 319 g/mol. The quantitative estimate of drug-likeness (QED) is 0.389. The van der Waals surface area contributed by atoms with Crippen LogP contribution in [0.4, 0.5) is 0 Å². The fourth-order valence-corrected chi connectivity index (χ4v) is 3.46. The molecule has 0 saturated heterocycles. The molecule has 0 radical (unpaired) electrons. The predicted octanol–water partition coefficient (Wildman–Crippen LogP) is 6.98. The number of phenolic OH excluding ortho intramolecular Hbond substituents is 1. The Balaban J connectivity index is 2.63. The third kappa shape index (κ3) is 7.42. The largest absolute Gasteiger partial charge is 0.508 e. The van der Waals surface area contributed by atoms with Crippen molar-refractivity contribution in [3.63, 3.8) is 0 Å². The Kier molecular flexibility index (Phi) is 10.9. The van der Waals surface area contributed by atoms with E-state index in [4.69, 9.17) is 0 Å². The molecule has 0 fully saturated rings. The van der Waals surface area contributed by atoms with Gasteiger partial charge >= 0.3 is 0 Å². The standard InChI is InChI=1S/C22H38O/c1-4-7-9-11-12-14-16-21-20(15-13-10-8-5-2)19(6-3)17-18-22(21)23/h17-18,23H,4-16H2,1-3H3. The van der Waals surface area contributed by atoms with Gasteiger partial charge in [0.2, 0.25) is 0 Å². The second-order valence-corrected chi connectivity index (χ2v) is 6.88. The van der Waals surface area contributed by atoms with Crippen LogP contribution in [-0.2, 0) is 19.3 Å². The Hall–Kier alpha value is -0.980. The second kappa shape index (κ2) is 12.4. The minimum Gasteiger partial charge on any atom is -0.508 e. The summed E-state index contributed by atoms with van der Waals surface area (Å²) < 4.78 is 0. The Morgan fingerprint density at radius 2 is 1.17 bits per heavy atom.